The standard InChI is InChI=1S/C14H15N3O3S/c18-14(19)12-9-15-13(21-12)2-1-10-3-6-16-17(10)11-4-7-20-8-5-11/h1-3,6,9,11H,4-5,7-8H2,(H,18,19). The van der Waals surface area contributed by atoms with Crippen molar-refractivity contribution < 1.29 is 14.6 Å². The van der Waals surface area contributed by atoms with Crippen molar-refractivity contribution in [3.63, 3.8) is 0 Å². The number of nitrogens with zero attached hydrogens (tertiary/aromatic N) is 3. The van der Waals surface area contributed by atoms with Gasteiger partial charge < -0.3 is 9.84 Å². The highest BCUT2D eigenvalue weighted by molar-refractivity contribution is 7.14. The molecule has 21 heavy (non-hydrogen) atoms. The molecule has 1 saturated heterocycles. The molecule has 1 aliphatic rings. The third kappa shape index (κ3) is 3.20. The maximum absolute atomic E-state index is 10.8. The average Bonchev–Trinajstić information content (AvgIpc) is 3.15. The first-order valence-electron chi connectivity index (χ1n) is 6.72. The van der Waals surface area contributed by atoms with E-state index in [4.69, 9.17) is 9.84 Å². The lowest BCUT2D eigenvalue weighted by Gasteiger charge is -2.23. The minimum absolute atomic E-state index is 0.243. The monoisotopic (exact) mass is 305 g/mol. The molecule has 3 heterocycles. The lowest BCUT2D eigenvalue weighted by atomic mass is 10.1. The molecule has 1 aliphatic heterocycles. The summed E-state index contributed by atoms with van der Waals surface area (Å²) in [5, 5.41) is 13.9. The number of aromatic carboxylic acids is 1. The van der Waals surface area contributed by atoms with Gasteiger partial charge in [-0.1, -0.05) is 0 Å². The number of aromatic nitrogens is 3. The van der Waals surface area contributed by atoms with Gasteiger partial charge in [0.25, 0.3) is 0 Å². The Kier molecular flexibility index (Phi) is 4.12. The van der Waals surface area contributed by atoms with Crippen LogP contribution in [0.2, 0.25) is 0 Å². The van der Waals surface area contributed by atoms with Crippen molar-refractivity contribution in [2.24, 2.45) is 0 Å². The molecule has 2 aromatic heterocycles. The Labute approximate surface area is 125 Å². The third-order valence-electron chi connectivity index (χ3n) is 3.37. The van der Waals surface area contributed by atoms with Gasteiger partial charge in [-0.3, -0.25) is 4.68 Å². The molecule has 6 nitrogen and oxygen atoms in total. The Morgan fingerprint density at radius 1 is 1.43 bits per heavy atom. The molecule has 0 amide bonds. The first-order chi connectivity index (χ1) is 10.2. The van der Waals surface area contributed by atoms with Crippen LogP contribution in [0.15, 0.2) is 18.5 Å². The van der Waals surface area contributed by atoms with Crippen LogP contribution in [0, 0.1) is 0 Å². The van der Waals surface area contributed by atoms with Gasteiger partial charge in [0.15, 0.2) is 0 Å². The number of carbonyl (C=O) groups is 1. The highest BCUT2D eigenvalue weighted by Gasteiger charge is 2.17. The van der Waals surface area contributed by atoms with E-state index in [0.717, 1.165) is 43.1 Å². The molecule has 1 N–H and O–H groups in total. The first kappa shape index (κ1) is 14.0. The summed E-state index contributed by atoms with van der Waals surface area (Å²) in [5.41, 5.74) is 0.994. The van der Waals surface area contributed by atoms with E-state index < -0.39 is 5.97 Å². The molecule has 0 aliphatic carbocycles. The summed E-state index contributed by atoms with van der Waals surface area (Å²) in [5.74, 6) is -0.945. The van der Waals surface area contributed by atoms with E-state index in [1.807, 2.05) is 22.9 Å². The van der Waals surface area contributed by atoms with Gasteiger partial charge in [-0.15, -0.1) is 11.3 Å². The zero-order chi connectivity index (χ0) is 14.7. The first-order valence-corrected chi connectivity index (χ1v) is 7.54. The highest BCUT2D eigenvalue weighted by atomic mass is 32.1. The Morgan fingerprint density at radius 3 is 2.95 bits per heavy atom. The van der Waals surface area contributed by atoms with E-state index in [9.17, 15) is 4.79 Å². The predicted molar refractivity (Wildman–Crippen MR) is 79.3 cm³/mol. The normalized spacial score (nSPS) is 16.6. The van der Waals surface area contributed by atoms with Gasteiger partial charge in [0.2, 0.25) is 0 Å². The number of ether oxygens (including phenoxy) is 1. The third-order valence-corrected chi connectivity index (χ3v) is 4.32. The Hall–Kier alpha value is -1.99. The lowest BCUT2D eigenvalue weighted by Crippen LogP contribution is -2.21. The summed E-state index contributed by atoms with van der Waals surface area (Å²) in [6.07, 6.45) is 8.82. The highest BCUT2D eigenvalue weighted by Crippen LogP contribution is 2.23. The molecular formula is C14H15N3O3S. The summed E-state index contributed by atoms with van der Waals surface area (Å²) in [7, 11) is 0. The zero-order valence-electron chi connectivity index (χ0n) is 11.3. The van der Waals surface area contributed by atoms with Crippen molar-refractivity contribution in [1.29, 1.82) is 0 Å². The topological polar surface area (TPSA) is 77.2 Å². The van der Waals surface area contributed by atoms with Crippen LogP contribution in [0.3, 0.4) is 0 Å². The molecule has 0 radical (unpaired) electrons. The second kappa shape index (κ2) is 6.19. The van der Waals surface area contributed by atoms with Crippen LogP contribution in [-0.4, -0.2) is 39.1 Å². The molecule has 1 fully saturated rings. The van der Waals surface area contributed by atoms with Crippen LogP contribution in [0.5, 0.6) is 0 Å². The van der Waals surface area contributed by atoms with E-state index in [-0.39, 0.29) is 4.88 Å². The van der Waals surface area contributed by atoms with Crippen molar-refractivity contribution in [3.8, 4) is 0 Å². The fraction of sp³-hybridized carbons (Fsp3) is 0.357. The number of hydrogen-bond acceptors (Lipinski definition) is 5. The Balaban J connectivity index is 1.76. The van der Waals surface area contributed by atoms with Crippen LogP contribution >= 0.6 is 11.3 Å². The fourth-order valence-electron chi connectivity index (χ4n) is 2.31. The molecule has 3 rings (SSSR count). The van der Waals surface area contributed by atoms with Crippen LogP contribution in [0.1, 0.15) is 39.3 Å². The van der Waals surface area contributed by atoms with E-state index in [1.54, 1.807) is 6.20 Å². The lowest BCUT2D eigenvalue weighted by molar-refractivity contribution is 0.0660. The van der Waals surface area contributed by atoms with Crippen molar-refractivity contribution in [2.45, 2.75) is 18.9 Å². The quantitative estimate of drug-likeness (QED) is 0.939. The van der Waals surface area contributed by atoms with Crippen molar-refractivity contribution in [1.82, 2.24) is 14.8 Å². The smallest absolute Gasteiger partial charge is 0.347 e. The van der Waals surface area contributed by atoms with E-state index in [1.165, 1.54) is 6.20 Å². The number of carboxylic acid groups (broad SMARTS) is 1. The molecule has 0 bridgehead atoms. The summed E-state index contributed by atoms with van der Waals surface area (Å²) in [6.45, 7) is 1.53. The minimum Gasteiger partial charge on any atom is -0.477 e. The molecule has 0 spiro atoms. The van der Waals surface area contributed by atoms with Crippen LogP contribution in [-0.2, 0) is 4.74 Å². The van der Waals surface area contributed by atoms with Gasteiger partial charge in [0.1, 0.15) is 9.88 Å². The SMILES string of the molecule is O=C(O)c1cnc(C=Cc2ccnn2C2CCOCC2)s1. The number of thiazole rings is 1. The molecule has 2 aromatic rings. The van der Waals surface area contributed by atoms with Gasteiger partial charge in [0, 0.05) is 19.4 Å². The molecule has 110 valence electrons. The maximum atomic E-state index is 10.8. The van der Waals surface area contributed by atoms with Gasteiger partial charge in [0.05, 0.1) is 17.9 Å². The summed E-state index contributed by atoms with van der Waals surface area (Å²) in [4.78, 5) is 15.2. The summed E-state index contributed by atoms with van der Waals surface area (Å²) in [6, 6.07) is 2.30. The fourth-order valence-corrected chi connectivity index (χ4v) is 2.97. The summed E-state index contributed by atoms with van der Waals surface area (Å²) >= 11 is 1.16. The second-order valence-corrected chi connectivity index (χ2v) is 5.81. The molecule has 7 heteroatoms. The number of carboxylic acids is 1. The number of hydrogen-bond donors (Lipinski definition) is 1. The second-order valence-electron chi connectivity index (χ2n) is 4.75. The molecule has 0 unspecified atom stereocenters. The molecule has 0 atom stereocenters. The molecule has 0 saturated carbocycles. The largest absolute Gasteiger partial charge is 0.477 e. The van der Waals surface area contributed by atoms with Crippen molar-refractivity contribution in [2.75, 3.05) is 13.2 Å². The van der Waals surface area contributed by atoms with Gasteiger partial charge in [-0.05, 0) is 31.1 Å². The zero-order valence-corrected chi connectivity index (χ0v) is 12.1. The van der Waals surface area contributed by atoms with Crippen LogP contribution in [0.4, 0.5) is 0 Å². The van der Waals surface area contributed by atoms with Crippen LogP contribution in [0.25, 0.3) is 12.2 Å². The minimum atomic E-state index is -0.945. The predicted octanol–water partition coefficient (Wildman–Crippen LogP) is 2.56. The van der Waals surface area contributed by atoms with Gasteiger partial charge >= 0.3 is 5.97 Å². The number of rotatable bonds is 4. The Bertz CT molecular complexity index is 656. The maximum Gasteiger partial charge on any atom is 0.347 e. The average molecular weight is 305 g/mol. The van der Waals surface area contributed by atoms with Crippen molar-refractivity contribution >= 4 is 29.5 Å². The van der Waals surface area contributed by atoms with E-state index in [0.29, 0.717) is 11.0 Å². The van der Waals surface area contributed by atoms with Crippen molar-refractivity contribution in [3.05, 3.63) is 34.0 Å². The van der Waals surface area contributed by atoms with E-state index >= 15 is 0 Å². The van der Waals surface area contributed by atoms with E-state index in [2.05, 4.69) is 10.1 Å². The molecular weight excluding hydrogens is 290 g/mol. The molecule has 0 aromatic carbocycles. The Morgan fingerprint density at radius 2 is 2.24 bits per heavy atom. The van der Waals surface area contributed by atoms with Gasteiger partial charge in [-0.25, -0.2) is 9.78 Å². The summed E-state index contributed by atoms with van der Waals surface area (Å²) < 4.78 is 7.37. The van der Waals surface area contributed by atoms with Crippen LogP contribution < -0.4 is 0 Å². The van der Waals surface area contributed by atoms with Gasteiger partial charge in [-0.2, -0.15) is 5.10 Å².